The highest BCUT2D eigenvalue weighted by atomic mass is 19.2. The van der Waals surface area contributed by atoms with Crippen molar-refractivity contribution in [3.05, 3.63) is 70.5 Å². The Balaban J connectivity index is 2.46. The highest BCUT2D eigenvalue weighted by Gasteiger charge is 2.14. The smallest absolute Gasteiger partial charge is 0.194 e. The average Bonchev–Trinajstić information content (AvgIpc) is 2.40. The minimum Gasteiger partial charge on any atom is -0.204 e. The van der Waals surface area contributed by atoms with Crippen molar-refractivity contribution < 1.29 is 13.2 Å². The number of hydrogen-bond acceptors (Lipinski definition) is 0. The van der Waals surface area contributed by atoms with Gasteiger partial charge in [-0.3, -0.25) is 0 Å². The third-order valence-electron chi connectivity index (χ3n) is 2.52. The molecule has 0 saturated carbocycles. The Hall–Kier alpha value is -2.21. The molecule has 0 saturated heterocycles. The molecule has 2 rings (SSSR count). The van der Waals surface area contributed by atoms with Gasteiger partial charge in [0.25, 0.3) is 0 Å². The lowest BCUT2D eigenvalue weighted by Gasteiger charge is -2.02. The predicted molar refractivity (Wildman–Crippen MR) is 63.5 cm³/mol. The molecule has 2 aromatic carbocycles. The van der Waals surface area contributed by atoms with Gasteiger partial charge in [0.2, 0.25) is 0 Å². The van der Waals surface area contributed by atoms with Gasteiger partial charge in [0, 0.05) is 16.7 Å². The Bertz CT molecular complexity index is 634. The number of halogens is 3. The number of rotatable bonds is 0. The van der Waals surface area contributed by atoms with E-state index in [4.69, 9.17) is 0 Å². The zero-order valence-electron chi connectivity index (χ0n) is 9.60. The van der Waals surface area contributed by atoms with E-state index in [1.165, 1.54) is 6.92 Å². The Kier molecular flexibility index (Phi) is 3.38. The van der Waals surface area contributed by atoms with Gasteiger partial charge in [0.1, 0.15) is 0 Å². The van der Waals surface area contributed by atoms with Crippen LogP contribution in [0.1, 0.15) is 16.7 Å². The summed E-state index contributed by atoms with van der Waals surface area (Å²) in [5.74, 6) is 1.54. The van der Waals surface area contributed by atoms with Crippen molar-refractivity contribution in [1.29, 1.82) is 0 Å². The number of hydrogen-bond donors (Lipinski definition) is 0. The van der Waals surface area contributed by atoms with Crippen molar-refractivity contribution in [3.63, 3.8) is 0 Å². The minimum atomic E-state index is -1.46. The van der Waals surface area contributed by atoms with Crippen LogP contribution in [-0.4, -0.2) is 0 Å². The van der Waals surface area contributed by atoms with Crippen LogP contribution in [0, 0.1) is 36.2 Å². The van der Waals surface area contributed by atoms with Crippen molar-refractivity contribution in [2.24, 2.45) is 0 Å². The van der Waals surface area contributed by atoms with Gasteiger partial charge in [-0.1, -0.05) is 30.0 Å². The highest BCUT2D eigenvalue weighted by molar-refractivity contribution is 5.46. The molecule has 0 amide bonds. The van der Waals surface area contributed by atoms with E-state index in [-0.39, 0.29) is 11.1 Å². The van der Waals surface area contributed by atoms with Crippen LogP contribution in [0.5, 0.6) is 0 Å². The summed E-state index contributed by atoms with van der Waals surface area (Å²) in [7, 11) is 0. The summed E-state index contributed by atoms with van der Waals surface area (Å²) in [5.41, 5.74) is 0.884. The maximum atomic E-state index is 13.3. The minimum absolute atomic E-state index is 0.0114. The summed E-state index contributed by atoms with van der Waals surface area (Å²) in [6, 6.07) is 9.92. The van der Waals surface area contributed by atoms with Gasteiger partial charge in [-0.25, -0.2) is 13.2 Å². The largest absolute Gasteiger partial charge is 0.204 e. The fourth-order valence-corrected chi connectivity index (χ4v) is 1.48. The zero-order valence-corrected chi connectivity index (χ0v) is 9.60. The molecule has 0 aliphatic heterocycles. The van der Waals surface area contributed by atoms with Crippen LogP contribution >= 0.6 is 0 Å². The third kappa shape index (κ3) is 2.38. The lowest BCUT2D eigenvalue weighted by Crippen LogP contribution is -1.97. The molecule has 0 nitrogen and oxygen atoms in total. The Morgan fingerprint density at radius 3 is 2.22 bits per heavy atom. The van der Waals surface area contributed by atoms with E-state index in [2.05, 4.69) is 11.8 Å². The van der Waals surface area contributed by atoms with Gasteiger partial charge in [-0.15, -0.1) is 0 Å². The summed E-state index contributed by atoms with van der Waals surface area (Å²) in [6.07, 6.45) is 0. The van der Waals surface area contributed by atoms with Gasteiger partial charge in [-0.05, 0) is 25.1 Å². The van der Waals surface area contributed by atoms with Gasteiger partial charge in [-0.2, -0.15) is 0 Å². The lowest BCUT2D eigenvalue weighted by molar-refractivity contribution is 0.443. The van der Waals surface area contributed by atoms with E-state index in [1.54, 1.807) is 12.1 Å². The quantitative estimate of drug-likeness (QED) is 0.489. The highest BCUT2D eigenvalue weighted by Crippen LogP contribution is 2.18. The van der Waals surface area contributed by atoms with Crippen LogP contribution in [0.3, 0.4) is 0 Å². The molecule has 3 heteroatoms. The SMILES string of the molecule is Cc1c(C#Cc2ccccc2)cc(F)c(F)c1F. The van der Waals surface area contributed by atoms with Crippen LogP contribution in [0.4, 0.5) is 13.2 Å². The topological polar surface area (TPSA) is 0 Å². The molecule has 0 heterocycles. The molecule has 0 aromatic heterocycles. The fourth-order valence-electron chi connectivity index (χ4n) is 1.48. The molecule has 0 fully saturated rings. The van der Waals surface area contributed by atoms with Crippen molar-refractivity contribution in [1.82, 2.24) is 0 Å². The number of benzene rings is 2. The monoisotopic (exact) mass is 246 g/mol. The lowest BCUT2D eigenvalue weighted by atomic mass is 10.1. The summed E-state index contributed by atoms with van der Waals surface area (Å²) in [6.45, 7) is 1.37. The normalized spacial score (nSPS) is 9.78. The first kappa shape index (κ1) is 12.3. The molecule has 0 aliphatic carbocycles. The van der Waals surface area contributed by atoms with E-state index >= 15 is 0 Å². The molecule has 2 aromatic rings. The second-order valence-electron chi connectivity index (χ2n) is 3.77. The Labute approximate surface area is 103 Å². The van der Waals surface area contributed by atoms with Crippen molar-refractivity contribution >= 4 is 0 Å². The van der Waals surface area contributed by atoms with Crippen LogP contribution in [0.2, 0.25) is 0 Å². The molecule has 0 aliphatic rings. The van der Waals surface area contributed by atoms with Crippen LogP contribution in [-0.2, 0) is 0 Å². The fraction of sp³-hybridized carbons (Fsp3) is 0.0667. The second kappa shape index (κ2) is 4.97. The maximum absolute atomic E-state index is 13.3. The molecule has 0 unspecified atom stereocenters. The molecule has 0 radical (unpaired) electrons. The molecular formula is C15H9F3. The molecule has 0 atom stereocenters. The first-order chi connectivity index (χ1) is 8.59. The maximum Gasteiger partial charge on any atom is 0.194 e. The molecule has 90 valence electrons. The average molecular weight is 246 g/mol. The van der Waals surface area contributed by atoms with Gasteiger partial charge < -0.3 is 0 Å². The van der Waals surface area contributed by atoms with E-state index in [1.807, 2.05) is 18.2 Å². The van der Waals surface area contributed by atoms with Gasteiger partial charge >= 0.3 is 0 Å². The van der Waals surface area contributed by atoms with Crippen LogP contribution in [0.25, 0.3) is 0 Å². The van der Waals surface area contributed by atoms with E-state index < -0.39 is 17.5 Å². The summed E-state index contributed by atoms with van der Waals surface area (Å²) >= 11 is 0. The van der Waals surface area contributed by atoms with Crippen molar-refractivity contribution in [2.45, 2.75) is 6.92 Å². The Morgan fingerprint density at radius 1 is 0.889 bits per heavy atom. The predicted octanol–water partition coefficient (Wildman–Crippen LogP) is 3.81. The van der Waals surface area contributed by atoms with Crippen molar-refractivity contribution in [3.8, 4) is 11.8 Å². The van der Waals surface area contributed by atoms with Gasteiger partial charge in [0.05, 0.1) is 0 Å². The molecule has 0 spiro atoms. The summed E-state index contributed by atoms with van der Waals surface area (Å²) in [4.78, 5) is 0. The summed E-state index contributed by atoms with van der Waals surface area (Å²) < 4.78 is 39.3. The summed E-state index contributed by atoms with van der Waals surface area (Å²) in [5, 5.41) is 0. The molecule has 0 N–H and O–H groups in total. The first-order valence-corrected chi connectivity index (χ1v) is 5.30. The van der Waals surface area contributed by atoms with Crippen LogP contribution < -0.4 is 0 Å². The van der Waals surface area contributed by atoms with Gasteiger partial charge in [0.15, 0.2) is 17.5 Å². The first-order valence-electron chi connectivity index (χ1n) is 5.30. The zero-order chi connectivity index (χ0) is 13.1. The molecule has 18 heavy (non-hydrogen) atoms. The molecule has 0 bridgehead atoms. The van der Waals surface area contributed by atoms with E-state index in [0.717, 1.165) is 11.6 Å². The molecular weight excluding hydrogens is 237 g/mol. The van der Waals surface area contributed by atoms with Crippen molar-refractivity contribution in [2.75, 3.05) is 0 Å². The Morgan fingerprint density at radius 2 is 1.56 bits per heavy atom. The van der Waals surface area contributed by atoms with E-state index in [0.29, 0.717) is 0 Å². The van der Waals surface area contributed by atoms with Crippen LogP contribution in [0.15, 0.2) is 36.4 Å². The standard InChI is InChI=1S/C15H9F3/c1-10-12(9-13(16)15(18)14(10)17)8-7-11-5-3-2-4-6-11/h2-6,9H,1H3. The van der Waals surface area contributed by atoms with E-state index in [9.17, 15) is 13.2 Å². The third-order valence-corrected chi connectivity index (χ3v) is 2.52. The second-order valence-corrected chi connectivity index (χ2v) is 3.77.